The molecule has 3 atom stereocenters. The van der Waals surface area contributed by atoms with Crippen molar-refractivity contribution in [2.45, 2.75) is 36.7 Å². The number of carbonyl (C=O) groups excluding carboxylic acids is 1. The van der Waals surface area contributed by atoms with Gasteiger partial charge in [-0.25, -0.2) is 9.18 Å². The number of aliphatic hydroxyl groups is 1. The van der Waals surface area contributed by atoms with Gasteiger partial charge in [0, 0.05) is 17.8 Å². The monoisotopic (exact) mass is 346 g/mol. The van der Waals surface area contributed by atoms with Gasteiger partial charge >= 0.3 is 6.03 Å². The second kappa shape index (κ2) is 8.04. The maximum atomic E-state index is 13.3. The number of halogens is 2. The Morgan fingerprint density at radius 1 is 1.55 bits per heavy atom. The van der Waals surface area contributed by atoms with E-state index >= 15 is 0 Å². The third-order valence-corrected chi connectivity index (χ3v) is 5.24. The average Bonchev–Trinajstić information content (AvgIpc) is 2.95. The van der Waals surface area contributed by atoms with Crippen molar-refractivity contribution >= 4 is 29.4 Å². The Kier molecular flexibility index (Phi) is 6.35. The standard InChI is InChI=1S/C15H20ClFN2O2S/c1-22-11-4-3-10(7-11)19-15(21)18-8-14(20)9-2-5-12(16)13(17)6-9/h2,5-6,10-11,14,20H,3-4,7-8H2,1H3,(H2,18,19,21)/t10-,11-,14+/m1/s1. The van der Waals surface area contributed by atoms with Crippen LogP contribution in [0.3, 0.4) is 0 Å². The fourth-order valence-electron chi connectivity index (χ4n) is 2.55. The zero-order valence-electron chi connectivity index (χ0n) is 12.3. The number of thioether (sulfide) groups is 1. The Labute approximate surface area is 138 Å². The van der Waals surface area contributed by atoms with Crippen LogP contribution in [-0.4, -0.2) is 35.2 Å². The predicted molar refractivity (Wildman–Crippen MR) is 87.8 cm³/mol. The van der Waals surface area contributed by atoms with Gasteiger partial charge in [0.25, 0.3) is 0 Å². The minimum Gasteiger partial charge on any atom is -0.387 e. The maximum Gasteiger partial charge on any atom is 0.315 e. The number of aliphatic hydroxyl groups excluding tert-OH is 1. The zero-order valence-corrected chi connectivity index (χ0v) is 13.9. The molecule has 1 aliphatic carbocycles. The van der Waals surface area contributed by atoms with Crippen LogP contribution in [0.5, 0.6) is 0 Å². The first kappa shape index (κ1) is 17.4. The van der Waals surface area contributed by atoms with Gasteiger partial charge < -0.3 is 15.7 Å². The number of amides is 2. The third-order valence-electron chi connectivity index (χ3n) is 3.84. The quantitative estimate of drug-likeness (QED) is 0.767. The number of carbonyl (C=O) groups is 1. The van der Waals surface area contributed by atoms with E-state index in [-0.39, 0.29) is 23.6 Å². The number of nitrogens with one attached hydrogen (secondary N) is 2. The van der Waals surface area contributed by atoms with Gasteiger partial charge in [-0.05, 0) is 43.2 Å². The van der Waals surface area contributed by atoms with Crippen LogP contribution in [0.15, 0.2) is 18.2 Å². The maximum absolute atomic E-state index is 13.3. The van der Waals surface area contributed by atoms with E-state index in [0.717, 1.165) is 19.3 Å². The van der Waals surface area contributed by atoms with Crippen LogP contribution >= 0.6 is 23.4 Å². The highest BCUT2D eigenvalue weighted by Gasteiger charge is 2.25. The van der Waals surface area contributed by atoms with Gasteiger partial charge in [0.15, 0.2) is 0 Å². The normalized spacial score (nSPS) is 22.4. The number of urea groups is 1. The van der Waals surface area contributed by atoms with E-state index in [9.17, 15) is 14.3 Å². The van der Waals surface area contributed by atoms with Crippen molar-refractivity contribution in [1.82, 2.24) is 10.6 Å². The molecule has 7 heteroatoms. The molecule has 1 aromatic rings. The number of benzene rings is 1. The molecule has 0 spiro atoms. The SMILES string of the molecule is CS[C@@H]1CC[C@@H](NC(=O)NC[C@H](O)c2ccc(Cl)c(F)c2)C1. The first-order valence-corrected chi connectivity index (χ1v) is 8.86. The van der Waals surface area contributed by atoms with Gasteiger partial charge in [-0.1, -0.05) is 17.7 Å². The molecule has 22 heavy (non-hydrogen) atoms. The highest BCUT2D eigenvalue weighted by atomic mass is 35.5. The molecule has 0 unspecified atom stereocenters. The first-order chi connectivity index (χ1) is 10.5. The molecule has 1 aliphatic rings. The van der Waals surface area contributed by atoms with Crippen LogP contribution in [0.2, 0.25) is 5.02 Å². The molecule has 0 aliphatic heterocycles. The van der Waals surface area contributed by atoms with E-state index < -0.39 is 11.9 Å². The molecule has 1 aromatic carbocycles. The Hall–Kier alpha value is -0.980. The topological polar surface area (TPSA) is 61.4 Å². The van der Waals surface area contributed by atoms with Gasteiger partial charge in [-0.3, -0.25) is 0 Å². The Morgan fingerprint density at radius 2 is 2.32 bits per heavy atom. The summed E-state index contributed by atoms with van der Waals surface area (Å²) in [5.41, 5.74) is 0.380. The first-order valence-electron chi connectivity index (χ1n) is 7.19. The van der Waals surface area contributed by atoms with Crippen molar-refractivity contribution in [2.75, 3.05) is 12.8 Å². The molecule has 0 bridgehead atoms. The van der Waals surface area contributed by atoms with E-state index in [4.69, 9.17) is 11.6 Å². The van der Waals surface area contributed by atoms with Crippen molar-refractivity contribution in [3.05, 3.63) is 34.6 Å². The van der Waals surface area contributed by atoms with Crippen LogP contribution < -0.4 is 10.6 Å². The van der Waals surface area contributed by atoms with Crippen molar-refractivity contribution in [3.63, 3.8) is 0 Å². The van der Waals surface area contributed by atoms with Crippen LogP contribution in [0.25, 0.3) is 0 Å². The van der Waals surface area contributed by atoms with Crippen LogP contribution in [0.4, 0.5) is 9.18 Å². The summed E-state index contributed by atoms with van der Waals surface area (Å²) in [7, 11) is 0. The number of rotatable bonds is 5. The summed E-state index contributed by atoms with van der Waals surface area (Å²) >= 11 is 7.42. The minimum absolute atomic E-state index is 0.00577. The van der Waals surface area contributed by atoms with Gasteiger partial charge in [0.05, 0.1) is 11.1 Å². The Morgan fingerprint density at radius 3 is 2.95 bits per heavy atom. The van der Waals surface area contributed by atoms with Gasteiger partial charge in [0.2, 0.25) is 0 Å². The molecule has 0 saturated heterocycles. The van der Waals surface area contributed by atoms with Crippen LogP contribution in [0.1, 0.15) is 30.9 Å². The second-order valence-corrected chi connectivity index (χ2v) is 6.96. The molecule has 0 radical (unpaired) electrons. The lowest BCUT2D eigenvalue weighted by molar-refractivity contribution is 0.172. The molecule has 0 heterocycles. The highest BCUT2D eigenvalue weighted by Crippen LogP contribution is 2.28. The van der Waals surface area contributed by atoms with Gasteiger partial charge in [-0.15, -0.1) is 0 Å². The predicted octanol–water partition coefficient (Wildman–Crippen LogP) is 3.10. The fourth-order valence-corrected chi connectivity index (χ4v) is 3.46. The Balaban J connectivity index is 1.77. The van der Waals surface area contributed by atoms with Gasteiger partial charge in [0.1, 0.15) is 5.82 Å². The third kappa shape index (κ3) is 4.76. The molecule has 1 saturated carbocycles. The largest absolute Gasteiger partial charge is 0.387 e. The lowest BCUT2D eigenvalue weighted by Crippen LogP contribution is -2.42. The minimum atomic E-state index is -0.972. The number of hydrogen-bond donors (Lipinski definition) is 3. The lowest BCUT2D eigenvalue weighted by atomic mass is 10.1. The summed E-state index contributed by atoms with van der Waals surface area (Å²) in [6.45, 7) is 0.0194. The van der Waals surface area contributed by atoms with Crippen molar-refractivity contribution < 1.29 is 14.3 Å². The zero-order chi connectivity index (χ0) is 16.1. The molecular formula is C15H20ClFN2O2S. The molecule has 2 rings (SSSR count). The lowest BCUT2D eigenvalue weighted by Gasteiger charge is -2.16. The summed E-state index contributed by atoms with van der Waals surface area (Å²) in [5.74, 6) is -0.586. The van der Waals surface area contributed by atoms with E-state index in [1.54, 1.807) is 0 Å². The van der Waals surface area contributed by atoms with E-state index in [2.05, 4.69) is 16.9 Å². The molecular weight excluding hydrogens is 327 g/mol. The van der Waals surface area contributed by atoms with Crippen LogP contribution in [-0.2, 0) is 0 Å². The van der Waals surface area contributed by atoms with E-state index in [0.29, 0.717) is 10.8 Å². The summed E-state index contributed by atoms with van der Waals surface area (Å²) in [5, 5.41) is 16.1. The van der Waals surface area contributed by atoms with E-state index in [1.807, 2.05) is 11.8 Å². The summed E-state index contributed by atoms with van der Waals surface area (Å²) in [4.78, 5) is 11.8. The highest BCUT2D eigenvalue weighted by molar-refractivity contribution is 7.99. The molecule has 122 valence electrons. The molecule has 2 amide bonds. The fraction of sp³-hybridized carbons (Fsp3) is 0.533. The summed E-state index contributed by atoms with van der Waals surface area (Å²) < 4.78 is 13.3. The summed E-state index contributed by atoms with van der Waals surface area (Å²) in [6.07, 6.45) is 4.16. The van der Waals surface area contributed by atoms with Crippen LogP contribution in [0, 0.1) is 5.82 Å². The molecule has 4 nitrogen and oxygen atoms in total. The van der Waals surface area contributed by atoms with Crippen molar-refractivity contribution in [3.8, 4) is 0 Å². The second-order valence-electron chi connectivity index (χ2n) is 5.41. The van der Waals surface area contributed by atoms with Crippen molar-refractivity contribution in [2.24, 2.45) is 0 Å². The average molecular weight is 347 g/mol. The molecule has 0 aromatic heterocycles. The van der Waals surface area contributed by atoms with Crippen molar-refractivity contribution in [1.29, 1.82) is 0 Å². The van der Waals surface area contributed by atoms with E-state index in [1.165, 1.54) is 18.2 Å². The summed E-state index contributed by atoms with van der Waals surface area (Å²) in [6, 6.07) is 3.97. The molecule has 1 fully saturated rings. The van der Waals surface area contributed by atoms with Gasteiger partial charge in [-0.2, -0.15) is 11.8 Å². The molecule has 3 N–H and O–H groups in total. The number of hydrogen-bond acceptors (Lipinski definition) is 3. The smallest absolute Gasteiger partial charge is 0.315 e. The Bertz CT molecular complexity index is 532.